The summed E-state index contributed by atoms with van der Waals surface area (Å²) in [4.78, 5) is 12.7. The molecule has 3 rings (SSSR count). The predicted octanol–water partition coefficient (Wildman–Crippen LogP) is 2.88. The first-order chi connectivity index (χ1) is 9.62. The standard InChI is InChI=1S/C15H13NO3S/c1-19-12-8-7-11-10-20(18,13-5-3-2-4-6-13)16-15(17)14(11)9-12/h2-9H,10H2,1H3. The van der Waals surface area contributed by atoms with Crippen molar-refractivity contribution in [2.24, 2.45) is 4.36 Å². The molecule has 0 fully saturated rings. The van der Waals surface area contributed by atoms with E-state index < -0.39 is 15.6 Å². The molecule has 0 saturated carbocycles. The lowest BCUT2D eigenvalue weighted by Gasteiger charge is -2.17. The molecule has 1 heterocycles. The number of methoxy groups -OCH3 is 1. The van der Waals surface area contributed by atoms with Gasteiger partial charge in [-0.2, -0.15) is 4.36 Å². The van der Waals surface area contributed by atoms with Gasteiger partial charge in [0.25, 0.3) is 5.91 Å². The molecule has 1 aliphatic rings. The fraction of sp³-hybridized carbons (Fsp3) is 0.133. The average Bonchev–Trinajstić information content (AvgIpc) is 2.48. The Morgan fingerprint density at radius 3 is 2.60 bits per heavy atom. The lowest BCUT2D eigenvalue weighted by Crippen LogP contribution is -2.17. The summed E-state index contributed by atoms with van der Waals surface area (Å²) in [7, 11) is -1.18. The summed E-state index contributed by atoms with van der Waals surface area (Å²) in [6.07, 6.45) is 0. The van der Waals surface area contributed by atoms with Crippen LogP contribution in [0.2, 0.25) is 0 Å². The van der Waals surface area contributed by atoms with Crippen molar-refractivity contribution >= 4 is 15.6 Å². The number of amides is 1. The molecule has 1 amide bonds. The Morgan fingerprint density at radius 2 is 1.90 bits per heavy atom. The Balaban J connectivity index is 2.13. The summed E-state index contributed by atoms with van der Waals surface area (Å²) in [5, 5.41) is 0. The van der Waals surface area contributed by atoms with E-state index >= 15 is 0 Å². The van der Waals surface area contributed by atoms with Gasteiger partial charge in [-0.05, 0) is 29.8 Å². The highest BCUT2D eigenvalue weighted by molar-refractivity contribution is 7.93. The van der Waals surface area contributed by atoms with Crippen molar-refractivity contribution in [2.45, 2.75) is 10.6 Å². The number of hydrogen-bond donors (Lipinski definition) is 0. The summed E-state index contributed by atoms with van der Waals surface area (Å²) in [6.45, 7) is 0. The maximum atomic E-state index is 12.9. The Morgan fingerprint density at radius 1 is 1.15 bits per heavy atom. The fourth-order valence-electron chi connectivity index (χ4n) is 2.20. The van der Waals surface area contributed by atoms with E-state index in [0.717, 1.165) is 5.56 Å². The molecule has 1 unspecified atom stereocenters. The Labute approximate surface area is 117 Å². The normalized spacial score (nSPS) is 20.9. The van der Waals surface area contributed by atoms with Crippen LogP contribution in [0, 0.1) is 0 Å². The molecular weight excluding hydrogens is 274 g/mol. The van der Waals surface area contributed by atoms with Crippen LogP contribution < -0.4 is 4.74 Å². The van der Waals surface area contributed by atoms with E-state index in [1.165, 1.54) is 0 Å². The molecule has 0 spiro atoms. The van der Waals surface area contributed by atoms with Crippen LogP contribution in [0.4, 0.5) is 0 Å². The van der Waals surface area contributed by atoms with Crippen LogP contribution in [0.25, 0.3) is 0 Å². The van der Waals surface area contributed by atoms with E-state index in [4.69, 9.17) is 4.74 Å². The third-order valence-corrected chi connectivity index (χ3v) is 5.41. The van der Waals surface area contributed by atoms with Gasteiger partial charge in [0, 0.05) is 4.90 Å². The van der Waals surface area contributed by atoms with E-state index in [1.807, 2.05) is 6.07 Å². The van der Waals surface area contributed by atoms with Crippen molar-refractivity contribution in [2.75, 3.05) is 7.11 Å². The van der Waals surface area contributed by atoms with Crippen molar-refractivity contribution in [3.63, 3.8) is 0 Å². The van der Waals surface area contributed by atoms with Crippen molar-refractivity contribution in [1.82, 2.24) is 0 Å². The molecule has 102 valence electrons. The first kappa shape index (κ1) is 12.9. The summed E-state index contributed by atoms with van der Waals surface area (Å²) < 4.78 is 22.0. The van der Waals surface area contributed by atoms with Gasteiger partial charge in [0.05, 0.1) is 28.2 Å². The van der Waals surface area contributed by atoms with Crippen LogP contribution >= 0.6 is 0 Å². The molecule has 0 aromatic heterocycles. The van der Waals surface area contributed by atoms with Gasteiger partial charge in [-0.15, -0.1) is 0 Å². The second-order valence-electron chi connectivity index (χ2n) is 4.52. The smallest absolute Gasteiger partial charge is 0.285 e. The van der Waals surface area contributed by atoms with Gasteiger partial charge >= 0.3 is 0 Å². The molecule has 2 aromatic rings. The highest BCUT2D eigenvalue weighted by Crippen LogP contribution is 2.29. The van der Waals surface area contributed by atoms with Crippen molar-refractivity contribution in [3.8, 4) is 5.75 Å². The molecular formula is C15H13NO3S. The van der Waals surface area contributed by atoms with Crippen LogP contribution in [-0.4, -0.2) is 17.2 Å². The Kier molecular flexibility index (Phi) is 3.06. The molecule has 1 aliphatic heterocycles. The minimum atomic E-state index is -2.72. The van der Waals surface area contributed by atoms with Crippen molar-refractivity contribution in [1.29, 1.82) is 0 Å². The van der Waals surface area contributed by atoms with Gasteiger partial charge in [0.1, 0.15) is 5.75 Å². The second kappa shape index (κ2) is 4.76. The van der Waals surface area contributed by atoms with Crippen molar-refractivity contribution in [3.05, 3.63) is 59.7 Å². The molecule has 1 atom stereocenters. The van der Waals surface area contributed by atoms with E-state index in [9.17, 15) is 9.00 Å². The van der Waals surface area contributed by atoms with E-state index in [1.54, 1.807) is 49.6 Å². The van der Waals surface area contributed by atoms with Crippen LogP contribution in [0.3, 0.4) is 0 Å². The molecule has 0 N–H and O–H groups in total. The molecule has 20 heavy (non-hydrogen) atoms. The van der Waals surface area contributed by atoms with Crippen LogP contribution in [0.5, 0.6) is 5.75 Å². The number of rotatable bonds is 2. The molecule has 2 aromatic carbocycles. The van der Waals surface area contributed by atoms with Gasteiger partial charge in [-0.3, -0.25) is 4.79 Å². The van der Waals surface area contributed by atoms with Gasteiger partial charge in [-0.25, -0.2) is 4.21 Å². The minimum Gasteiger partial charge on any atom is -0.497 e. The van der Waals surface area contributed by atoms with Crippen LogP contribution in [0.1, 0.15) is 15.9 Å². The fourth-order valence-corrected chi connectivity index (χ4v) is 4.16. The van der Waals surface area contributed by atoms with E-state index in [-0.39, 0.29) is 5.75 Å². The van der Waals surface area contributed by atoms with Gasteiger partial charge in [-0.1, -0.05) is 24.3 Å². The Bertz CT molecular complexity index is 790. The molecule has 0 saturated heterocycles. The third-order valence-electron chi connectivity index (χ3n) is 3.24. The summed E-state index contributed by atoms with van der Waals surface area (Å²) in [5.74, 6) is 0.404. The molecule has 5 heteroatoms. The average molecular weight is 287 g/mol. The van der Waals surface area contributed by atoms with Gasteiger partial charge in [0.15, 0.2) is 0 Å². The second-order valence-corrected chi connectivity index (χ2v) is 6.74. The largest absolute Gasteiger partial charge is 0.497 e. The zero-order valence-electron chi connectivity index (χ0n) is 10.9. The van der Waals surface area contributed by atoms with Crippen LogP contribution in [0.15, 0.2) is 57.8 Å². The lowest BCUT2D eigenvalue weighted by molar-refractivity contribution is 0.100. The van der Waals surface area contributed by atoms with Crippen molar-refractivity contribution < 1.29 is 13.7 Å². The maximum Gasteiger partial charge on any atom is 0.285 e. The zero-order chi connectivity index (χ0) is 14.2. The number of carbonyl (C=O) groups is 1. The lowest BCUT2D eigenvalue weighted by atomic mass is 10.1. The maximum absolute atomic E-state index is 12.9. The number of carbonyl (C=O) groups excluding carboxylic acids is 1. The highest BCUT2D eigenvalue weighted by atomic mass is 32.2. The topological polar surface area (TPSA) is 55.7 Å². The first-order valence-corrected chi connectivity index (χ1v) is 7.82. The third kappa shape index (κ3) is 2.10. The minimum absolute atomic E-state index is 0.252. The monoisotopic (exact) mass is 287 g/mol. The van der Waals surface area contributed by atoms with E-state index in [2.05, 4.69) is 4.36 Å². The number of fused-ring (bicyclic) bond motifs is 1. The summed E-state index contributed by atoms with van der Waals surface area (Å²) in [5.41, 5.74) is 1.22. The van der Waals surface area contributed by atoms with Gasteiger partial charge < -0.3 is 4.74 Å². The number of benzene rings is 2. The summed E-state index contributed by atoms with van der Waals surface area (Å²) in [6, 6.07) is 14.1. The SMILES string of the molecule is COc1ccc2c(c1)C(=O)N=S(=O)(c1ccccc1)C2. The summed E-state index contributed by atoms with van der Waals surface area (Å²) >= 11 is 0. The van der Waals surface area contributed by atoms with Crippen LogP contribution in [-0.2, 0) is 15.5 Å². The molecule has 0 bridgehead atoms. The Hall–Kier alpha value is -2.14. The molecule has 0 radical (unpaired) electrons. The van der Waals surface area contributed by atoms with Gasteiger partial charge in [0.2, 0.25) is 0 Å². The first-order valence-electron chi connectivity index (χ1n) is 6.13. The number of nitrogens with zero attached hydrogens (tertiary/aromatic N) is 1. The molecule has 4 nitrogen and oxygen atoms in total. The number of ether oxygens (including phenoxy) is 1. The predicted molar refractivity (Wildman–Crippen MR) is 76.3 cm³/mol. The zero-order valence-corrected chi connectivity index (χ0v) is 11.7. The highest BCUT2D eigenvalue weighted by Gasteiger charge is 2.25. The molecule has 0 aliphatic carbocycles. The number of hydrogen-bond acceptors (Lipinski definition) is 3. The quantitative estimate of drug-likeness (QED) is 0.853. The van der Waals surface area contributed by atoms with E-state index in [0.29, 0.717) is 16.2 Å².